The summed E-state index contributed by atoms with van der Waals surface area (Å²) in [7, 11) is 0. The van der Waals surface area contributed by atoms with Gasteiger partial charge in [-0.05, 0) is 35.7 Å². The number of nitrogens with one attached hydrogen (secondary N) is 1. The molecule has 0 radical (unpaired) electrons. The number of benzene rings is 2. The third kappa shape index (κ3) is 5.89. The van der Waals surface area contributed by atoms with Gasteiger partial charge in [-0.2, -0.15) is 0 Å². The Labute approximate surface area is 146 Å². The first-order valence-corrected chi connectivity index (χ1v) is 7.92. The molecule has 2 aromatic carbocycles. The largest absolute Gasteiger partial charge is 0.445 e. The normalized spacial score (nSPS) is 10.5. The molecule has 0 heterocycles. The Hall–Kier alpha value is -2.59. The molecular formula is C19H18ClNO3. The Bertz CT molecular complexity index is 714. The predicted molar refractivity (Wildman–Crippen MR) is 95.1 cm³/mol. The summed E-state index contributed by atoms with van der Waals surface area (Å²) in [4.78, 5) is 22.5. The number of aldehydes is 1. The molecule has 2 rings (SSSR count). The molecule has 0 aromatic heterocycles. The summed E-state index contributed by atoms with van der Waals surface area (Å²) in [5, 5.41) is 3.24. The van der Waals surface area contributed by atoms with E-state index in [4.69, 9.17) is 16.3 Å². The van der Waals surface area contributed by atoms with Crippen LogP contribution in [0.15, 0.2) is 54.6 Å². The van der Waals surface area contributed by atoms with Gasteiger partial charge in [0, 0.05) is 17.1 Å². The molecule has 0 aliphatic carbocycles. The molecule has 0 saturated heterocycles. The van der Waals surface area contributed by atoms with Crippen LogP contribution in [0.25, 0.3) is 6.08 Å². The fourth-order valence-corrected chi connectivity index (χ4v) is 2.22. The standard InChI is InChI=1S/C19H18ClNO3/c20-18-10-9-17(13-22)16(12-18)8-4-5-11-21-19(23)24-14-15-6-2-1-3-7-15/h1-4,6-10,12-13H,5,11,14H2,(H,21,23). The van der Waals surface area contributed by atoms with Crippen LogP contribution < -0.4 is 5.32 Å². The number of rotatable bonds is 7. The van der Waals surface area contributed by atoms with Crippen molar-refractivity contribution in [3.05, 3.63) is 76.3 Å². The van der Waals surface area contributed by atoms with Gasteiger partial charge in [0.15, 0.2) is 6.29 Å². The van der Waals surface area contributed by atoms with Gasteiger partial charge in [0.1, 0.15) is 6.61 Å². The molecule has 1 N–H and O–H groups in total. The van der Waals surface area contributed by atoms with Gasteiger partial charge in [0.05, 0.1) is 0 Å². The summed E-state index contributed by atoms with van der Waals surface area (Å²) >= 11 is 5.92. The van der Waals surface area contributed by atoms with Gasteiger partial charge in [0.25, 0.3) is 0 Å². The van der Waals surface area contributed by atoms with Crippen LogP contribution in [0.2, 0.25) is 5.02 Å². The number of alkyl carbamates (subject to hydrolysis) is 1. The first-order chi connectivity index (χ1) is 11.7. The fraction of sp³-hybridized carbons (Fsp3) is 0.158. The summed E-state index contributed by atoms with van der Waals surface area (Å²) in [6.07, 6.45) is 4.63. The van der Waals surface area contributed by atoms with Crippen LogP contribution in [0.5, 0.6) is 0 Å². The number of carbonyl (C=O) groups excluding carboxylic acids is 2. The van der Waals surface area contributed by atoms with Crippen molar-refractivity contribution >= 4 is 30.1 Å². The maximum atomic E-state index is 11.6. The molecule has 0 saturated carbocycles. The maximum Gasteiger partial charge on any atom is 0.407 e. The number of hydrogen-bond donors (Lipinski definition) is 1. The minimum absolute atomic E-state index is 0.244. The third-order valence-corrected chi connectivity index (χ3v) is 3.50. The molecule has 124 valence electrons. The second-order valence-corrected chi connectivity index (χ2v) is 5.51. The molecular weight excluding hydrogens is 326 g/mol. The van der Waals surface area contributed by atoms with Crippen molar-refractivity contribution in [3.8, 4) is 0 Å². The van der Waals surface area contributed by atoms with E-state index in [2.05, 4.69) is 5.32 Å². The van der Waals surface area contributed by atoms with Crippen molar-refractivity contribution in [2.24, 2.45) is 0 Å². The minimum Gasteiger partial charge on any atom is -0.445 e. The van der Waals surface area contributed by atoms with Crippen LogP contribution in [0.1, 0.15) is 27.9 Å². The lowest BCUT2D eigenvalue weighted by Gasteiger charge is -2.06. The van der Waals surface area contributed by atoms with Gasteiger partial charge in [-0.25, -0.2) is 4.79 Å². The highest BCUT2D eigenvalue weighted by molar-refractivity contribution is 6.30. The van der Waals surface area contributed by atoms with Gasteiger partial charge in [-0.1, -0.05) is 54.1 Å². The number of halogens is 1. The number of ether oxygens (including phenoxy) is 1. The van der Waals surface area contributed by atoms with Crippen molar-refractivity contribution < 1.29 is 14.3 Å². The summed E-state index contributed by atoms with van der Waals surface area (Å²) in [6, 6.07) is 14.6. The molecule has 4 nitrogen and oxygen atoms in total. The quantitative estimate of drug-likeness (QED) is 0.595. The van der Waals surface area contributed by atoms with E-state index in [1.807, 2.05) is 42.5 Å². The van der Waals surface area contributed by atoms with E-state index in [0.29, 0.717) is 23.6 Å². The maximum absolute atomic E-state index is 11.6. The Morgan fingerprint density at radius 3 is 2.67 bits per heavy atom. The number of hydrogen-bond acceptors (Lipinski definition) is 3. The lowest BCUT2D eigenvalue weighted by atomic mass is 10.1. The highest BCUT2D eigenvalue weighted by Gasteiger charge is 2.01. The highest BCUT2D eigenvalue weighted by Crippen LogP contribution is 2.16. The van der Waals surface area contributed by atoms with Gasteiger partial charge in [-0.3, -0.25) is 4.79 Å². The molecule has 0 bridgehead atoms. The van der Waals surface area contributed by atoms with Crippen molar-refractivity contribution in [2.75, 3.05) is 6.54 Å². The zero-order chi connectivity index (χ0) is 17.2. The Morgan fingerprint density at radius 1 is 1.12 bits per heavy atom. The summed E-state index contributed by atoms with van der Waals surface area (Å²) in [5.74, 6) is 0. The van der Waals surface area contributed by atoms with Gasteiger partial charge < -0.3 is 10.1 Å². The van der Waals surface area contributed by atoms with Gasteiger partial charge >= 0.3 is 6.09 Å². The van der Waals surface area contributed by atoms with Crippen molar-refractivity contribution in [1.82, 2.24) is 5.32 Å². The van der Waals surface area contributed by atoms with Crippen LogP contribution in [0, 0.1) is 0 Å². The number of carbonyl (C=O) groups is 2. The van der Waals surface area contributed by atoms with Crippen LogP contribution in [-0.2, 0) is 11.3 Å². The van der Waals surface area contributed by atoms with E-state index in [9.17, 15) is 9.59 Å². The molecule has 5 heteroatoms. The van der Waals surface area contributed by atoms with Crippen molar-refractivity contribution in [3.63, 3.8) is 0 Å². The Kier molecular flexibility index (Phi) is 7.05. The second-order valence-electron chi connectivity index (χ2n) is 5.07. The molecule has 0 spiro atoms. The van der Waals surface area contributed by atoms with Crippen molar-refractivity contribution in [1.29, 1.82) is 0 Å². The van der Waals surface area contributed by atoms with Gasteiger partial charge in [-0.15, -0.1) is 0 Å². The second kappa shape index (κ2) is 9.53. The van der Waals surface area contributed by atoms with E-state index in [1.165, 1.54) is 0 Å². The van der Waals surface area contributed by atoms with Crippen LogP contribution >= 0.6 is 11.6 Å². The topological polar surface area (TPSA) is 55.4 Å². The zero-order valence-corrected chi connectivity index (χ0v) is 13.8. The molecule has 0 fully saturated rings. The Balaban J connectivity index is 1.71. The summed E-state index contributed by atoms with van der Waals surface area (Å²) in [5.41, 5.74) is 2.27. The molecule has 2 aromatic rings. The van der Waals surface area contributed by atoms with E-state index in [1.54, 1.807) is 18.2 Å². The van der Waals surface area contributed by atoms with Crippen LogP contribution in [-0.4, -0.2) is 18.9 Å². The highest BCUT2D eigenvalue weighted by atomic mass is 35.5. The van der Waals surface area contributed by atoms with Crippen LogP contribution in [0.4, 0.5) is 4.79 Å². The fourth-order valence-electron chi connectivity index (χ4n) is 2.04. The average molecular weight is 344 g/mol. The van der Waals surface area contributed by atoms with E-state index in [-0.39, 0.29) is 6.61 Å². The van der Waals surface area contributed by atoms with Crippen molar-refractivity contribution in [2.45, 2.75) is 13.0 Å². The Morgan fingerprint density at radius 2 is 1.92 bits per heavy atom. The lowest BCUT2D eigenvalue weighted by molar-refractivity contribution is 0.112. The van der Waals surface area contributed by atoms with Gasteiger partial charge in [0.2, 0.25) is 0 Å². The van der Waals surface area contributed by atoms with E-state index < -0.39 is 6.09 Å². The lowest BCUT2D eigenvalue weighted by Crippen LogP contribution is -2.24. The molecule has 1 amide bonds. The minimum atomic E-state index is -0.455. The average Bonchev–Trinajstić information content (AvgIpc) is 2.61. The first kappa shape index (κ1) is 17.8. The zero-order valence-electron chi connectivity index (χ0n) is 13.1. The predicted octanol–water partition coefficient (Wildman–Crippen LogP) is 4.48. The molecule has 0 unspecified atom stereocenters. The summed E-state index contributed by atoms with van der Waals surface area (Å²) < 4.78 is 5.11. The van der Waals surface area contributed by atoms with E-state index in [0.717, 1.165) is 17.4 Å². The smallest absolute Gasteiger partial charge is 0.407 e. The third-order valence-electron chi connectivity index (χ3n) is 3.27. The monoisotopic (exact) mass is 343 g/mol. The molecule has 0 aliphatic heterocycles. The van der Waals surface area contributed by atoms with Crippen LogP contribution in [0.3, 0.4) is 0 Å². The molecule has 0 aliphatic rings. The number of amides is 1. The van der Waals surface area contributed by atoms with E-state index >= 15 is 0 Å². The first-order valence-electron chi connectivity index (χ1n) is 7.55. The summed E-state index contributed by atoms with van der Waals surface area (Å²) in [6.45, 7) is 0.689. The molecule has 0 atom stereocenters. The SMILES string of the molecule is O=Cc1ccc(Cl)cc1C=CCCNC(=O)OCc1ccccc1. The molecule has 24 heavy (non-hydrogen) atoms.